The monoisotopic (exact) mass is 250 g/mol. The fourth-order valence-electron chi connectivity index (χ4n) is 1.67. The van der Waals surface area contributed by atoms with Crippen LogP contribution in [0.1, 0.15) is 18.9 Å². The van der Waals surface area contributed by atoms with Crippen LogP contribution < -0.4 is 0 Å². The van der Waals surface area contributed by atoms with Gasteiger partial charge in [-0.15, -0.1) is 6.58 Å². The second kappa shape index (κ2) is 8.03. The zero-order valence-electron chi connectivity index (χ0n) is 10.8. The molecule has 0 aliphatic carbocycles. The maximum absolute atomic E-state index is 9.87. The molecule has 0 aliphatic heterocycles. The van der Waals surface area contributed by atoms with E-state index < -0.39 is 12.2 Å². The van der Waals surface area contributed by atoms with E-state index in [1.54, 1.807) is 6.08 Å². The van der Waals surface area contributed by atoms with Crippen molar-refractivity contribution in [1.29, 1.82) is 0 Å². The van der Waals surface area contributed by atoms with Gasteiger partial charge in [-0.3, -0.25) is 0 Å². The van der Waals surface area contributed by atoms with Crippen LogP contribution in [-0.2, 0) is 11.3 Å². The average molecular weight is 250 g/mol. The number of hydrogen-bond donors (Lipinski definition) is 2. The molecule has 18 heavy (non-hydrogen) atoms. The number of hydrogen-bond acceptors (Lipinski definition) is 3. The highest BCUT2D eigenvalue weighted by Crippen LogP contribution is 2.13. The number of aliphatic hydroxyl groups is 2. The fraction of sp³-hybridized carbons (Fsp3) is 0.467. The van der Waals surface area contributed by atoms with Crippen molar-refractivity contribution >= 4 is 0 Å². The summed E-state index contributed by atoms with van der Waals surface area (Å²) < 4.78 is 5.44. The van der Waals surface area contributed by atoms with Crippen molar-refractivity contribution in [2.24, 2.45) is 5.92 Å². The minimum Gasteiger partial charge on any atom is -0.392 e. The molecule has 0 aromatic heterocycles. The van der Waals surface area contributed by atoms with E-state index in [1.165, 1.54) is 0 Å². The highest BCUT2D eigenvalue weighted by Gasteiger charge is 2.21. The molecule has 0 aliphatic rings. The van der Waals surface area contributed by atoms with Crippen molar-refractivity contribution in [3.8, 4) is 0 Å². The molecule has 0 saturated carbocycles. The lowest BCUT2D eigenvalue weighted by Crippen LogP contribution is -2.32. The third kappa shape index (κ3) is 5.00. The van der Waals surface area contributed by atoms with Gasteiger partial charge in [0.2, 0.25) is 0 Å². The first-order valence-corrected chi connectivity index (χ1v) is 6.23. The van der Waals surface area contributed by atoms with Crippen LogP contribution >= 0.6 is 0 Å². The van der Waals surface area contributed by atoms with Crippen LogP contribution in [0.2, 0.25) is 0 Å². The van der Waals surface area contributed by atoms with E-state index in [-0.39, 0.29) is 12.5 Å². The zero-order chi connectivity index (χ0) is 13.4. The van der Waals surface area contributed by atoms with E-state index in [0.717, 1.165) is 5.56 Å². The maximum Gasteiger partial charge on any atom is 0.0824 e. The van der Waals surface area contributed by atoms with E-state index >= 15 is 0 Å². The molecule has 1 unspecified atom stereocenters. The van der Waals surface area contributed by atoms with Gasteiger partial charge in [-0.25, -0.2) is 0 Å². The van der Waals surface area contributed by atoms with Gasteiger partial charge in [0.05, 0.1) is 25.4 Å². The third-order valence-electron chi connectivity index (χ3n) is 3.02. The lowest BCUT2D eigenvalue weighted by Gasteiger charge is -2.23. The molecule has 0 fully saturated rings. The Labute approximate surface area is 109 Å². The highest BCUT2D eigenvalue weighted by atomic mass is 16.5. The van der Waals surface area contributed by atoms with Crippen LogP contribution in [0.15, 0.2) is 43.0 Å². The van der Waals surface area contributed by atoms with Gasteiger partial charge >= 0.3 is 0 Å². The van der Waals surface area contributed by atoms with Crippen LogP contribution in [0.4, 0.5) is 0 Å². The lowest BCUT2D eigenvalue weighted by molar-refractivity contribution is -0.0344. The summed E-state index contributed by atoms with van der Waals surface area (Å²) in [5.74, 6) is -0.223. The van der Waals surface area contributed by atoms with Gasteiger partial charge in [0.1, 0.15) is 0 Å². The highest BCUT2D eigenvalue weighted by molar-refractivity contribution is 5.13. The normalized spacial score (nSPS) is 15.9. The number of rotatable bonds is 8. The summed E-state index contributed by atoms with van der Waals surface area (Å²) in [5.41, 5.74) is 1.07. The standard InChI is InChI=1S/C15H22O3/c1-3-7-14(16)12(2)15(17)11-18-10-13-8-5-4-6-9-13/h3-6,8-9,12,14-17H,1,7,10-11H2,2H3/t12?,14-,15+/m0/s1. The summed E-state index contributed by atoms with van der Waals surface area (Å²) in [6.45, 7) is 6.08. The van der Waals surface area contributed by atoms with Crippen molar-refractivity contribution in [2.45, 2.75) is 32.2 Å². The van der Waals surface area contributed by atoms with E-state index in [4.69, 9.17) is 4.74 Å². The molecule has 0 spiro atoms. The van der Waals surface area contributed by atoms with Crippen LogP contribution in [-0.4, -0.2) is 29.0 Å². The molecular formula is C15H22O3. The molecule has 0 radical (unpaired) electrons. The van der Waals surface area contributed by atoms with Gasteiger partial charge in [0.15, 0.2) is 0 Å². The minimum absolute atomic E-state index is 0.223. The molecule has 3 atom stereocenters. The Bertz CT molecular complexity index is 337. The largest absolute Gasteiger partial charge is 0.392 e. The maximum atomic E-state index is 9.87. The van der Waals surface area contributed by atoms with E-state index in [2.05, 4.69) is 6.58 Å². The van der Waals surface area contributed by atoms with Gasteiger partial charge in [-0.2, -0.15) is 0 Å². The Morgan fingerprint density at radius 3 is 2.50 bits per heavy atom. The molecule has 0 bridgehead atoms. The first-order chi connectivity index (χ1) is 8.65. The summed E-state index contributed by atoms with van der Waals surface area (Å²) in [6.07, 6.45) is 0.900. The molecule has 2 N–H and O–H groups in total. The summed E-state index contributed by atoms with van der Waals surface area (Å²) in [5, 5.41) is 19.6. The van der Waals surface area contributed by atoms with E-state index in [9.17, 15) is 10.2 Å². The van der Waals surface area contributed by atoms with Crippen molar-refractivity contribution in [1.82, 2.24) is 0 Å². The SMILES string of the molecule is C=CC[C@H](O)C(C)[C@H](O)COCc1ccccc1. The lowest BCUT2D eigenvalue weighted by atomic mass is 9.96. The summed E-state index contributed by atoms with van der Waals surface area (Å²) in [6, 6.07) is 9.80. The molecule has 0 heterocycles. The van der Waals surface area contributed by atoms with Crippen molar-refractivity contribution in [2.75, 3.05) is 6.61 Å². The second-order valence-electron chi connectivity index (χ2n) is 4.52. The zero-order valence-corrected chi connectivity index (χ0v) is 10.8. The van der Waals surface area contributed by atoms with E-state index in [0.29, 0.717) is 13.0 Å². The summed E-state index contributed by atoms with van der Waals surface area (Å²) in [4.78, 5) is 0. The quantitative estimate of drug-likeness (QED) is 0.695. The molecule has 3 nitrogen and oxygen atoms in total. The Morgan fingerprint density at radius 1 is 1.22 bits per heavy atom. The van der Waals surface area contributed by atoms with Gasteiger partial charge in [0, 0.05) is 5.92 Å². The molecule has 1 rings (SSSR count). The van der Waals surface area contributed by atoms with Crippen molar-refractivity contribution < 1.29 is 14.9 Å². The van der Waals surface area contributed by atoms with Gasteiger partial charge in [0.25, 0.3) is 0 Å². The van der Waals surface area contributed by atoms with Crippen molar-refractivity contribution in [3.63, 3.8) is 0 Å². The van der Waals surface area contributed by atoms with Crippen LogP contribution in [0.25, 0.3) is 0 Å². The van der Waals surface area contributed by atoms with E-state index in [1.807, 2.05) is 37.3 Å². The predicted octanol–water partition coefficient (Wildman–Crippen LogP) is 2.14. The fourth-order valence-corrected chi connectivity index (χ4v) is 1.67. The van der Waals surface area contributed by atoms with Gasteiger partial charge < -0.3 is 14.9 Å². The predicted molar refractivity (Wildman–Crippen MR) is 72.1 cm³/mol. The minimum atomic E-state index is -0.663. The van der Waals surface area contributed by atoms with Crippen molar-refractivity contribution in [3.05, 3.63) is 48.6 Å². The smallest absolute Gasteiger partial charge is 0.0824 e. The topological polar surface area (TPSA) is 49.7 Å². The Kier molecular flexibility index (Phi) is 6.65. The molecule has 3 heteroatoms. The first kappa shape index (κ1) is 14.9. The third-order valence-corrected chi connectivity index (χ3v) is 3.02. The Hall–Kier alpha value is -1.16. The average Bonchev–Trinajstić information content (AvgIpc) is 2.39. The molecule has 1 aromatic carbocycles. The molecule has 1 aromatic rings. The Morgan fingerprint density at radius 2 is 1.89 bits per heavy atom. The summed E-state index contributed by atoms with van der Waals surface area (Å²) >= 11 is 0. The van der Waals surface area contributed by atoms with Gasteiger partial charge in [-0.1, -0.05) is 43.3 Å². The molecular weight excluding hydrogens is 228 g/mol. The van der Waals surface area contributed by atoms with Crippen LogP contribution in [0.5, 0.6) is 0 Å². The Balaban J connectivity index is 2.28. The first-order valence-electron chi connectivity index (χ1n) is 6.23. The molecule has 100 valence electrons. The number of aliphatic hydroxyl groups excluding tert-OH is 2. The van der Waals surface area contributed by atoms with Crippen LogP contribution in [0.3, 0.4) is 0 Å². The number of ether oxygens (including phenoxy) is 1. The summed E-state index contributed by atoms with van der Waals surface area (Å²) in [7, 11) is 0. The molecule has 0 amide bonds. The molecule has 0 saturated heterocycles. The van der Waals surface area contributed by atoms with Gasteiger partial charge in [-0.05, 0) is 12.0 Å². The van der Waals surface area contributed by atoms with Crippen LogP contribution in [0, 0.1) is 5.92 Å². The number of benzene rings is 1. The second-order valence-corrected chi connectivity index (χ2v) is 4.52.